The highest BCUT2D eigenvalue weighted by Gasteiger charge is 2.45. The summed E-state index contributed by atoms with van der Waals surface area (Å²) in [5.41, 5.74) is 2.24. The highest BCUT2D eigenvalue weighted by atomic mass is 16.4. The minimum Gasteiger partial charge on any atom is -0.480 e. The van der Waals surface area contributed by atoms with E-state index in [2.05, 4.69) is 5.32 Å². The molecule has 1 aliphatic heterocycles. The SMILES string of the molecule is Cc1ccccc1CNC(=O)CN1C(C(=O)O)CC2CCCCC21. The van der Waals surface area contributed by atoms with Gasteiger partial charge in [0.2, 0.25) is 5.91 Å². The largest absolute Gasteiger partial charge is 0.480 e. The lowest BCUT2D eigenvalue weighted by Crippen LogP contribution is -2.47. The molecular formula is C19H26N2O3. The second-order valence-corrected chi connectivity index (χ2v) is 7.08. The van der Waals surface area contributed by atoms with Crippen LogP contribution in [0.2, 0.25) is 0 Å². The molecule has 3 unspecified atom stereocenters. The Labute approximate surface area is 143 Å². The standard InChI is InChI=1S/C19H26N2O3/c1-13-6-2-3-8-15(13)11-20-18(22)12-21-16-9-5-4-7-14(16)10-17(21)19(23)24/h2-3,6,8,14,16-17H,4-5,7,9-12H2,1H3,(H,20,22)(H,23,24). The number of aliphatic carboxylic acids is 1. The van der Waals surface area contributed by atoms with Gasteiger partial charge in [-0.1, -0.05) is 37.1 Å². The first kappa shape index (κ1) is 17.0. The summed E-state index contributed by atoms with van der Waals surface area (Å²) < 4.78 is 0. The van der Waals surface area contributed by atoms with E-state index in [4.69, 9.17) is 0 Å². The zero-order valence-corrected chi connectivity index (χ0v) is 14.2. The van der Waals surface area contributed by atoms with E-state index in [1.165, 1.54) is 6.42 Å². The summed E-state index contributed by atoms with van der Waals surface area (Å²) in [6, 6.07) is 7.71. The Bertz CT molecular complexity index is 616. The van der Waals surface area contributed by atoms with Crippen LogP contribution in [0.4, 0.5) is 0 Å². The van der Waals surface area contributed by atoms with Crippen LogP contribution in [-0.2, 0) is 16.1 Å². The maximum Gasteiger partial charge on any atom is 0.320 e. The van der Waals surface area contributed by atoms with Crippen molar-refractivity contribution in [1.82, 2.24) is 10.2 Å². The fourth-order valence-corrected chi connectivity index (χ4v) is 4.25. The molecule has 3 atom stereocenters. The average Bonchev–Trinajstić information content (AvgIpc) is 2.93. The molecule has 3 rings (SSSR count). The molecule has 2 N–H and O–H groups in total. The fraction of sp³-hybridized carbons (Fsp3) is 0.579. The molecule has 1 heterocycles. The van der Waals surface area contributed by atoms with E-state index in [1.807, 2.05) is 36.1 Å². The fourth-order valence-electron chi connectivity index (χ4n) is 4.25. The molecule has 1 aliphatic carbocycles. The maximum absolute atomic E-state index is 12.4. The Morgan fingerprint density at radius 3 is 2.75 bits per heavy atom. The van der Waals surface area contributed by atoms with Gasteiger partial charge in [-0.15, -0.1) is 0 Å². The van der Waals surface area contributed by atoms with Crippen molar-refractivity contribution in [3.05, 3.63) is 35.4 Å². The van der Waals surface area contributed by atoms with Gasteiger partial charge in [-0.05, 0) is 43.2 Å². The average molecular weight is 330 g/mol. The molecule has 1 aromatic rings. The molecule has 1 saturated heterocycles. The summed E-state index contributed by atoms with van der Waals surface area (Å²) in [6.07, 6.45) is 5.11. The Balaban J connectivity index is 1.61. The zero-order valence-electron chi connectivity index (χ0n) is 14.2. The number of carbonyl (C=O) groups is 2. The Hall–Kier alpha value is -1.88. The number of nitrogens with one attached hydrogen (secondary N) is 1. The quantitative estimate of drug-likeness (QED) is 0.869. The van der Waals surface area contributed by atoms with Crippen LogP contribution in [0, 0.1) is 12.8 Å². The van der Waals surface area contributed by atoms with Gasteiger partial charge in [0.15, 0.2) is 0 Å². The number of carbonyl (C=O) groups excluding carboxylic acids is 1. The van der Waals surface area contributed by atoms with E-state index in [0.29, 0.717) is 18.9 Å². The van der Waals surface area contributed by atoms with Gasteiger partial charge in [0, 0.05) is 12.6 Å². The van der Waals surface area contributed by atoms with Crippen LogP contribution in [0.5, 0.6) is 0 Å². The van der Waals surface area contributed by atoms with Crippen molar-refractivity contribution in [2.24, 2.45) is 5.92 Å². The van der Waals surface area contributed by atoms with Gasteiger partial charge in [-0.25, -0.2) is 0 Å². The van der Waals surface area contributed by atoms with Crippen LogP contribution in [0.3, 0.4) is 0 Å². The van der Waals surface area contributed by atoms with Gasteiger partial charge in [0.05, 0.1) is 6.54 Å². The summed E-state index contributed by atoms with van der Waals surface area (Å²) in [4.78, 5) is 25.9. The van der Waals surface area contributed by atoms with E-state index >= 15 is 0 Å². The predicted molar refractivity (Wildman–Crippen MR) is 91.5 cm³/mol. The third-order valence-corrected chi connectivity index (χ3v) is 5.57. The first-order valence-electron chi connectivity index (χ1n) is 8.86. The smallest absolute Gasteiger partial charge is 0.320 e. The zero-order chi connectivity index (χ0) is 17.1. The molecule has 24 heavy (non-hydrogen) atoms. The highest BCUT2D eigenvalue weighted by Crippen LogP contribution is 2.39. The number of aryl methyl sites for hydroxylation is 1. The van der Waals surface area contributed by atoms with Gasteiger partial charge < -0.3 is 10.4 Å². The topological polar surface area (TPSA) is 69.6 Å². The van der Waals surface area contributed by atoms with Gasteiger partial charge >= 0.3 is 5.97 Å². The first-order chi connectivity index (χ1) is 11.6. The van der Waals surface area contributed by atoms with Crippen LogP contribution in [0.1, 0.15) is 43.2 Å². The second-order valence-electron chi connectivity index (χ2n) is 7.08. The number of likely N-dealkylation sites (tertiary alicyclic amines) is 1. The monoisotopic (exact) mass is 330 g/mol. The van der Waals surface area contributed by atoms with Crippen LogP contribution >= 0.6 is 0 Å². The molecule has 0 spiro atoms. The molecule has 1 aromatic carbocycles. The maximum atomic E-state index is 12.4. The van der Waals surface area contributed by atoms with Crippen molar-refractivity contribution >= 4 is 11.9 Å². The van der Waals surface area contributed by atoms with Crippen molar-refractivity contribution in [3.63, 3.8) is 0 Å². The number of amides is 1. The van der Waals surface area contributed by atoms with Crippen molar-refractivity contribution < 1.29 is 14.7 Å². The predicted octanol–water partition coefficient (Wildman–Crippen LogP) is 2.33. The minimum absolute atomic E-state index is 0.0873. The van der Waals surface area contributed by atoms with Crippen LogP contribution < -0.4 is 5.32 Å². The van der Waals surface area contributed by atoms with Gasteiger partial charge in [0.1, 0.15) is 6.04 Å². The van der Waals surface area contributed by atoms with Gasteiger partial charge in [0.25, 0.3) is 0 Å². The molecule has 0 bridgehead atoms. The van der Waals surface area contributed by atoms with Crippen LogP contribution in [-0.4, -0.2) is 40.5 Å². The van der Waals surface area contributed by atoms with Crippen molar-refractivity contribution in [2.45, 2.75) is 57.7 Å². The summed E-state index contributed by atoms with van der Waals surface area (Å²) in [5, 5.41) is 12.5. The van der Waals surface area contributed by atoms with Crippen molar-refractivity contribution in [2.75, 3.05) is 6.54 Å². The van der Waals surface area contributed by atoms with Crippen molar-refractivity contribution in [1.29, 1.82) is 0 Å². The number of hydrogen-bond donors (Lipinski definition) is 2. The van der Waals surface area contributed by atoms with E-state index in [9.17, 15) is 14.7 Å². The number of carboxylic acid groups (broad SMARTS) is 1. The highest BCUT2D eigenvalue weighted by molar-refractivity contribution is 5.80. The lowest BCUT2D eigenvalue weighted by molar-refractivity contribution is -0.143. The van der Waals surface area contributed by atoms with Crippen LogP contribution in [0.15, 0.2) is 24.3 Å². The number of nitrogens with zero attached hydrogens (tertiary/aromatic N) is 1. The molecule has 1 saturated carbocycles. The summed E-state index contributed by atoms with van der Waals surface area (Å²) in [5.74, 6) is -0.448. The number of benzene rings is 1. The molecule has 2 aliphatic rings. The lowest BCUT2D eigenvalue weighted by Gasteiger charge is -2.32. The third kappa shape index (κ3) is 3.61. The molecule has 5 heteroatoms. The molecule has 0 radical (unpaired) electrons. The molecule has 130 valence electrons. The Morgan fingerprint density at radius 1 is 1.25 bits per heavy atom. The Morgan fingerprint density at radius 2 is 2.00 bits per heavy atom. The lowest BCUT2D eigenvalue weighted by atomic mass is 9.85. The van der Waals surface area contributed by atoms with Crippen LogP contribution in [0.25, 0.3) is 0 Å². The molecule has 5 nitrogen and oxygen atoms in total. The van der Waals surface area contributed by atoms with E-state index in [0.717, 1.165) is 30.4 Å². The Kier molecular flexibility index (Phi) is 5.19. The third-order valence-electron chi connectivity index (χ3n) is 5.57. The number of fused-ring (bicyclic) bond motifs is 1. The second kappa shape index (κ2) is 7.34. The van der Waals surface area contributed by atoms with Crippen molar-refractivity contribution in [3.8, 4) is 0 Å². The molecule has 1 amide bonds. The number of carboxylic acids is 1. The van der Waals surface area contributed by atoms with Gasteiger partial charge in [-0.3, -0.25) is 14.5 Å². The summed E-state index contributed by atoms with van der Waals surface area (Å²) >= 11 is 0. The van der Waals surface area contributed by atoms with Gasteiger partial charge in [-0.2, -0.15) is 0 Å². The van der Waals surface area contributed by atoms with E-state index in [1.54, 1.807) is 0 Å². The molecule has 2 fully saturated rings. The summed E-state index contributed by atoms with van der Waals surface area (Å²) in [6.45, 7) is 2.70. The molecular weight excluding hydrogens is 304 g/mol. The number of rotatable bonds is 5. The first-order valence-corrected chi connectivity index (χ1v) is 8.86. The van der Waals surface area contributed by atoms with E-state index in [-0.39, 0.29) is 18.5 Å². The molecule has 0 aromatic heterocycles. The normalized spacial score (nSPS) is 26.8. The summed E-state index contributed by atoms with van der Waals surface area (Å²) in [7, 11) is 0. The number of hydrogen-bond acceptors (Lipinski definition) is 3. The minimum atomic E-state index is -0.795. The van der Waals surface area contributed by atoms with E-state index < -0.39 is 12.0 Å².